The average molecular weight is 213 g/mol. The molecule has 0 aliphatic heterocycles. The van der Waals surface area contributed by atoms with Gasteiger partial charge in [0, 0.05) is 12.7 Å². The highest BCUT2D eigenvalue weighted by Gasteiger charge is 2.10. The second-order valence-corrected chi connectivity index (χ2v) is 3.04. The lowest BCUT2D eigenvalue weighted by atomic mass is 10.3. The van der Waals surface area contributed by atoms with E-state index in [-0.39, 0.29) is 12.1 Å². The number of aromatic amines is 2. The van der Waals surface area contributed by atoms with E-state index in [1.54, 1.807) is 0 Å². The minimum Gasteiger partial charge on any atom is -0.392 e. The molecule has 82 valence electrons. The van der Waals surface area contributed by atoms with Gasteiger partial charge in [-0.2, -0.15) is 0 Å². The second-order valence-electron chi connectivity index (χ2n) is 3.04. The molecule has 15 heavy (non-hydrogen) atoms. The van der Waals surface area contributed by atoms with Crippen LogP contribution in [-0.2, 0) is 0 Å². The van der Waals surface area contributed by atoms with E-state index in [9.17, 15) is 14.4 Å². The lowest BCUT2D eigenvalue weighted by Gasteiger charge is -2.05. The Kier molecular flexibility index (Phi) is 3.40. The molecule has 0 spiro atoms. The summed E-state index contributed by atoms with van der Waals surface area (Å²) in [6, 6.07) is 0. The van der Waals surface area contributed by atoms with Crippen LogP contribution in [0.2, 0.25) is 0 Å². The van der Waals surface area contributed by atoms with Crippen molar-refractivity contribution in [3.05, 3.63) is 32.6 Å². The molecule has 0 aliphatic carbocycles. The first-order valence-corrected chi connectivity index (χ1v) is 4.29. The lowest BCUT2D eigenvalue weighted by Crippen LogP contribution is -2.36. The Bertz CT molecular complexity index is 459. The minimum atomic E-state index is -0.762. The molecule has 7 nitrogen and oxygen atoms in total. The van der Waals surface area contributed by atoms with Crippen molar-refractivity contribution in [2.24, 2.45) is 0 Å². The predicted molar refractivity (Wildman–Crippen MR) is 51.7 cm³/mol. The molecule has 0 saturated heterocycles. The summed E-state index contributed by atoms with van der Waals surface area (Å²) in [6.07, 6.45) is 0.328. The summed E-state index contributed by atoms with van der Waals surface area (Å²) in [5.74, 6) is -0.645. The van der Waals surface area contributed by atoms with Crippen LogP contribution in [0.25, 0.3) is 0 Å². The zero-order valence-corrected chi connectivity index (χ0v) is 8.03. The van der Waals surface area contributed by atoms with Gasteiger partial charge in [0.1, 0.15) is 5.56 Å². The van der Waals surface area contributed by atoms with Crippen molar-refractivity contribution in [1.82, 2.24) is 15.3 Å². The Morgan fingerprint density at radius 2 is 2.27 bits per heavy atom. The van der Waals surface area contributed by atoms with E-state index in [1.807, 2.05) is 4.98 Å². The molecule has 1 amide bonds. The van der Waals surface area contributed by atoms with Crippen LogP contribution in [0.5, 0.6) is 0 Å². The maximum Gasteiger partial charge on any atom is 0.325 e. The first kappa shape index (κ1) is 11.2. The van der Waals surface area contributed by atoms with Crippen LogP contribution in [-0.4, -0.2) is 33.6 Å². The van der Waals surface area contributed by atoms with Crippen molar-refractivity contribution in [3.63, 3.8) is 0 Å². The number of H-pyrrole nitrogens is 2. The number of hydrogen-bond donors (Lipinski definition) is 4. The second kappa shape index (κ2) is 4.56. The van der Waals surface area contributed by atoms with Crippen molar-refractivity contribution >= 4 is 5.91 Å². The summed E-state index contributed by atoms with van der Waals surface area (Å²) in [4.78, 5) is 37.2. The normalized spacial score (nSPS) is 12.1. The summed E-state index contributed by atoms with van der Waals surface area (Å²) < 4.78 is 0. The van der Waals surface area contributed by atoms with E-state index in [2.05, 4.69) is 10.3 Å². The first-order chi connectivity index (χ1) is 7.00. The molecule has 0 saturated carbocycles. The van der Waals surface area contributed by atoms with Gasteiger partial charge in [-0.25, -0.2) is 4.79 Å². The maximum absolute atomic E-state index is 11.3. The molecule has 1 heterocycles. The molecule has 1 aromatic heterocycles. The average Bonchev–Trinajstić information content (AvgIpc) is 2.14. The molecular formula is C8H11N3O4. The predicted octanol–water partition coefficient (Wildman–Crippen LogP) is -1.83. The monoisotopic (exact) mass is 213 g/mol. The SMILES string of the molecule is C[C@H](O)CNC(=O)c1c[nH]c(=O)[nH]c1=O. The van der Waals surface area contributed by atoms with Crippen LogP contribution in [0, 0.1) is 0 Å². The Labute approximate surface area is 84.2 Å². The first-order valence-electron chi connectivity index (χ1n) is 4.29. The number of carbonyl (C=O) groups is 1. The highest BCUT2D eigenvalue weighted by Crippen LogP contribution is 1.85. The van der Waals surface area contributed by atoms with Crippen LogP contribution in [0.4, 0.5) is 0 Å². The molecule has 0 aliphatic rings. The molecule has 1 atom stereocenters. The van der Waals surface area contributed by atoms with E-state index in [0.717, 1.165) is 6.20 Å². The maximum atomic E-state index is 11.3. The van der Waals surface area contributed by atoms with E-state index in [1.165, 1.54) is 6.92 Å². The van der Waals surface area contributed by atoms with Gasteiger partial charge in [0.25, 0.3) is 11.5 Å². The van der Waals surface area contributed by atoms with Gasteiger partial charge in [-0.1, -0.05) is 0 Å². The third kappa shape index (κ3) is 3.06. The van der Waals surface area contributed by atoms with Gasteiger partial charge in [0.05, 0.1) is 6.10 Å². The summed E-state index contributed by atoms with van der Waals surface area (Å²) in [6.45, 7) is 1.54. The van der Waals surface area contributed by atoms with Gasteiger partial charge in [0.15, 0.2) is 0 Å². The fraction of sp³-hybridized carbons (Fsp3) is 0.375. The van der Waals surface area contributed by atoms with Gasteiger partial charge < -0.3 is 15.4 Å². The molecule has 0 radical (unpaired) electrons. The van der Waals surface area contributed by atoms with E-state index >= 15 is 0 Å². The fourth-order valence-corrected chi connectivity index (χ4v) is 0.914. The van der Waals surface area contributed by atoms with Gasteiger partial charge in [-0.15, -0.1) is 0 Å². The molecule has 0 fully saturated rings. The van der Waals surface area contributed by atoms with Crippen LogP contribution in [0.3, 0.4) is 0 Å². The smallest absolute Gasteiger partial charge is 0.325 e. The van der Waals surface area contributed by atoms with Crippen molar-refractivity contribution in [2.45, 2.75) is 13.0 Å². The van der Waals surface area contributed by atoms with E-state index < -0.39 is 23.3 Å². The van der Waals surface area contributed by atoms with Gasteiger partial charge in [-0.3, -0.25) is 14.6 Å². The highest BCUT2D eigenvalue weighted by molar-refractivity contribution is 5.93. The molecule has 1 aromatic rings. The summed E-state index contributed by atoms with van der Waals surface area (Å²) in [5, 5.41) is 11.2. The van der Waals surface area contributed by atoms with Crippen LogP contribution < -0.4 is 16.6 Å². The lowest BCUT2D eigenvalue weighted by molar-refractivity contribution is 0.0922. The topological polar surface area (TPSA) is 115 Å². The number of carbonyl (C=O) groups excluding carboxylic acids is 1. The van der Waals surface area contributed by atoms with E-state index in [4.69, 9.17) is 5.11 Å². The van der Waals surface area contributed by atoms with Crippen LogP contribution in [0.15, 0.2) is 15.8 Å². The molecule has 0 unspecified atom stereocenters. The van der Waals surface area contributed by atoms with Crippen LogP contribution >= 0.6 is 0 Å². The molecule has 1 rings (SSSR count). The Morgan fingerprint density at radius 3 is 2.80 bits per heavy atom. The minimum absolute atomic E-state index is 0.0391. The molecule has 7 heteroatoms. The quantitative estimate of drug-likeness (QED) is 0.473. The van der Waals surface area contributed by atoms with Crippen LogP contribution in [0.1, 0.15) is 17.3 Å². The van der Waals surface area contributed by atoms with Crippen molar-refractivity contribution in [3.8, 4) is 0 Å². The Balaban J connectivity index is 2.83. The molecule has 4 N–H and O–H groups in total. The van der Waals surface area contributed by atoms with Crippen molar-refractivity contribution in [1.29, 1.82) is 0 Å². The Hall–Kier alpha value is -1.89. The number of amides is 1. The number of hydrogen-bond acceptors (Lipinski definition) is 4. The third-order valence-electron chi connectivity index (χ3n) is 1.62. The third-order valence-corrected chi connectivity index (χ3v) is 1.62. The summed E-state index contributed by atoms with van der Waals surface area (Å²) >= 11 is 0. The number of aromatic nitrogens is 2. The molecule has 0 bridgehead atoms. The number of aliphatic hydroxyl groups is 1. The zero-order valence-electron chi connectivity index (χ0n) is 8.03. The number of aliphatic hydroxyl groups excluding tert-OH is 1. The summed E-state index contributed by atoms with van der Waals surface area (Å²) in [5.41, 5.74) is -1.64. The standard InChI is InChI=1S/C8H11N3O4/c1-4(12)2-9-6(13)5-3-10-8(15)11-7(5)14/h3-4,12H,2H2,1H3,(H,9,13)(H2,10,11,14,15)/t4-/m0/s1. The number of rotatable bonds is 3. The molecule has 0 aromatic carbocycles. The zero-order chi connectivity index (χ0) is 11.4. The van der Waals surface area contributed by atoms with Gasteiger partial charge in [-0.05, 0) is 6.92 Å². The molecular weight excluding hydrogens is 202 g/mol. The largest absolute Gasteiger partial charge is 0.392 e. The Morgan fingerprint density at radius 1 is 1.60 bits per heavy atom. The van der Waals surface area contributed by atoms with Gasteiger partial charge in [0.2, 0.25) is 0 Å². The highest BCUT2D eigenvalue weighted by atomic mass is 16.3. The van der Waals surface area contributed by atoms with Gasteiger partial charge >= 0.3 is 5.69 Å². The number of nitrogens with one attached hydrogen (secondary N) is 3. The van der Waals surface area contributed by atoms with Crippen molar-refractivity contribution in [2.75, 3.05) is 6.54 Å². The van der Waals surface area contributed by atoms with Crippen molar-refractivity contribution < 1.29 is 9.90 Å². The summed E-state index contributed by atoms with van der Waals surface area (Å²) in [7, 11) is 0. The van der Waals surface area contributed by atoms with E-state index in [0.29, 0.717) is 0 Å². The fourth-order valence-electron chi connectivity index (χ4n) is 0.914.